The van der Waals surface area contributed by atoms with Crippen LogP contribution in [0.2, 0.25) is 0 Å². The van der Waals surface area contributed by atoms with E-state index in [9.17, 15) is 4.79 Å². The Morgan fingerprint density at radius 3 is 2.53 bits per heavy atom. The quantitative estimate of drug-likeness (QED) is 0.819. The second-order valence-corrected chi connectivity index (χ2v) is 5.48. The molecule has 1 atom stereocenters. The first-order valence-electron chi connectivity index (χ1n) is 7.03. The lowest BCUT2D eigenvalue weighted by molar-refractivity contribution is 0.181. The van der Waals surface area contributed by atoms with Crippen molar-refractivity contribution >= 4 is 17.5 Å². The fourth-order valence-corrected chi connectivity index (χ4v) is 2.90. The molecule has 19 heavy (non-hydrogen) atoms. The Hall–Kier alpha value is -1.71. The van der Waals surface area contributed by atoms with Gasteiger partial charge in [-0.1, -0.05) is 6.92 Å². The number of ether oxygens (including phenoxy) is 1. The van der Waals surface area contributed by atoms with Gasteiger partial charge in [0.05, 0.1) is 6.54 Å². The molecule has 2 aliphatic rings. The largest absolute Gasteiger partial charge is 0.447 e. The summed E-state index contributed by atoms with van der Waals surface area (Å²) >= 11 is 0. The van der Waals surface area contributed by atoms with Gasteiger partial charge in [-0.15, -0.1) is 0 Å². The molecule has 0 N–H and O–H groups in total. The van der Waals surface area contributed by atoms with Gasteiger partial charge in [0.25, 0.3) is 0 Å². The van der Waals surface area contributed by atoms with Gasteiger partial charge in [-0.2, -0.15) is 0 Å². The van der Waals surface area contributed by atoms with E-state index in [1.54, 1.807) is 4.90 Å². The number of benzene rings is 1. The summed E-state index contributed by atoms with van der Waals surface area (Å²) in [5.74, 6) is 0.766. The van der Waals surface area contributed by atoms with Crippen LogP contribution < -0.4 is 9.80 Å². The summed E-state index contributed by atoms with van der Waals surface area (Å²) < 4.78 is 4.96. The third-order valence-electron chi connectivity index (χ3n) is 3.94. The van der Waals surface area contributed by atoms with Gasteiger partial charge in [-0.3, -0.25) is 4.90 Å². The predicted molar refractivity (Wildman–Crippen MR) is 75.7 cm³/mol. The van der Waals surface area contributed by atoms with Crippen molar-refractivity contribution in [3.63, 3.8) is 0 Å². The Labute approximate surface area is 113 Å². The van der Waals surface area contributed by atoms with Crippen LogP contribution in [0.3, 0.4) is 0 Å². The summed E-state index contributed by atoms with van der Waals surface area (Å²) in [5, 5.41) is 0. The minimum absolute atomic E-state index is 0.237. The Morgan fingerprint density at radius 2 is 1.89 bits per heavy atom. The normalized spacial score (nSPS) is 23.6. The molecule has 2 fully saturated rings. The molecule has 0 aliphatic carbocycles. The van der Waals surface area contributed by atoms with Crippen LogP contribution in [0.1, 0.15) is 19.8 Å². The number of anilines is 2. The molecule has 1 aromatic carbocycles. The summed E-state index contributed by atoms with van der Waals surface area (Å²) in [6.07, 6.45) is 2.36. The highest BCUT2D eigenvalue weighted by atomic mass is 16.6. The topological polar surface area (TPSA) is 32.8 Å². The van der Waals surface area contributed by atoms with Gasteiger partial charge < -0.3 is 9.64 Å². The van der Waals surface area contributed by atoms with Crippen molar-refractivity contribution < 1.29 is 9.53 Å². The van der Waals surface area contributed by atoms with Gasteiger partial charge in [-0.05, 0) is 43.0 Å². The molecule has 3 rings (SSSR count). The SMILES string of the molecule is CC1CCCN(c2ccc(N3CCOC3=O)cc2)C1. The molecule has 0 saturated carbocycles. The third kappa shape index (κ3) is 2.53. The summed E-state index contributed by atoms with van der Waals surface area (Å²) in [6, 6.07) is 8.25. The Kier molecular flexibility index (Phi) is 3.32. The second-order valence-electron chi connectivity index (χ2n) is 5.48. The number of hydrogen-bond donors (Lipinski definition) is 0. The van der Waals surface area contributed by atoms with Crippen LogP contribution in [0.15, 0.2) is 24.3 Å². The van der Waals surface area contributed by atoms with E-state index in [4.69, 9.17) is 4.74 Å². The molecule has 4 heteroatoms. The lowest BCUT2D eigenvalue weighted by Crippen LogP contribution is -2.34. The third-order valence-corrected chi connectivity index (χ3v) is 3.94. The van der Waals surface area contributed by atoms with E-state index >= 15 is 0 Å². The molecule has 2 saturated heterocycles. The maximum absolute atomic E-state index is 11.5. The molecule has 2 aliphatic heterocycles. The van der Waals surface area contributed by atoms with E-state index in [0.717, 1.165) is 24.7 Å². The number of carbonyl (C=O) groups is 1. The Balaban J connectivity index is 1.73. The minimum atomic E-state index is -0.237. The standard InChI is InChI=1S/C15H20N2O2/c1-12-3-2-8-16(11-12)13-4-6-14(7-5-13)17-9-10-19-15(17)18/h4-7,12H,2-3,8-11H2,1H3. The molecular formula is C15H20N2O2. The van der Waals surface area contributed by atoms with E-state index in [-0.39, 0.29) is 6.09 Å². The molecule has 1 amide bonds. The summed E-state index contributed by atoms with van der Waals surface area (Å²) in [6.45, 7) is 5.71. The van der Waals surface area contributed by atoms with Crippen molar-refractivity contribution in [3.05, 3.63) is 24.3 Å². The molecule has 0 spiro atoms. The molecule has 0 aromatic heterocycles. The zero-order chi connectivity index (χ0) is 13.2. The van der Waals surface area contributed by atoms with Crippen molar-refractivity contribution in [2.45, 2.75) is 19.8 Å². The number of piperidine rings is 1. The highest BCUT2D eigenvalue weighted by Crippen LogP contribution is 2.26. The lowest BCUT2D eigenvalue weighted by Gasteiger charge is -2.33. The van der Waals surface area contributed by atoms with Gasteiger partial charge in [0.2, 0.25) is 0 Å². The first-order valence-corrected chi connectivity index (χ1v) is 7.03. The number of amides is 1. The van der Waals surface area contributed by atoms with E-state index in [1.807, 2.05) is 12.1 Å². The zero-order valence-corrected chi connectivity index (χ0v) is 11.3. The monoisotopic (exact) mass is 260 g/mol. The number of cyclic esters (lactones) is 1. The average molecular weight is 260 g/mol. The van der Waals surface area contributed by atoms with E-state index in [2.05, 4.69) is 24.0 Å². The van der Waals surface area contributed by atoms with Crippen LogP contribution in [0, 0.1) is 5.92 Å². The van der Waals surface area contributed by atoms with Gasteiger partial charge >= 0.3 is 6.09 Å². The van der Waals surface area contributed by atoms with Crippen molar-refractivity contribution in [1.29, 1.82) is 0 Å². The predicted octanol–water partition coefficient (Wildman–Crippen LogP) is 2.88. The highest BCUT2D eigenvalue weighted by molar-refractivity contribution is 5.89. The summed E-state index contributed by atoms with van der Waals surface area (Å²) in [7, 11) is 0. The second kappa shape index (κ2) is 5.11. The van der Waals surface area contributed by atoms with Crippen LogP contribution >= 0.6 is 0 Å². The molecule has 0 bridgehead atoms. The summed E-state index contributed by atoms with van der Waals surface area (Å²) in [4.78, 5) is 15.6. The Bertz CT molecular complexity index is 458. The van der Waals surface area contributed by atoms with Crippen molar-refractivity contribution in [2.24, 2.45) is 5.92 Å². The molecule has 1 unspecified atom stereocenters. The zero-order valence-electron chi connectivity index (χ0n) is 11.3. The van der Waals surface area contributed by atoms with E-state index < -0.39 is 0 Å². The molecule has 0 radical (unpaired) electrons. The van der Waals surface area contributed by atoms with Crippen molar-refractivity contribution in [1.82, 2.24) is 0 Å². The first kappa shape index (κ1) is 12.3. The minimum Gasteiger partial charge on any atom is -0.447 e. The first-order chi connectivity index (χ1) is 9.24. The number of carbonyl (C=O) groups excluding carboxylic acids is 1. The fourth-order valence-electron chi connectivity index (χ4n) is 2.90. The molecule has 102 valence electrons. The Morgan fingerprint density at radius 1 is 1.16 bits per heavy atom. The maximum Gasteiger partial charge on any atom is 0.414 e. The van der Waals surface area contributed by atoms with Crippen LogP contribution in [0.5, 0.6) is 0 Å². The van der Waals surface area contributed by atoms with Crippen LogP contribution in [-0.4, -0.2) is 32.3 Å². The number of rotatable bonds is 2. The smallest absolute Gasteiger partial charge is 0.414 e. The van der Waals surface area contributed by atoms with Crippen LogP contribution in [-0.2, 0) is 4.74 Å². The number of nitrogens with zero attached hydrogens (tertiary/aromatic N) is 2. The van der Waals surface area contributed by atoms with Gasteiger partial charge in [-0.25, -0.2) is 4.79 Å². The molecule has 4 nitrogen and oxygen atoms in total. The van der Waals surface area contributed by atoms with Gasteiger partial charge in [0, 0.05) is 24.5 Å². The van der Waals surface area contributed by atoms with E-state index in [0.29, 0.717) is 13.2 Å². The van der Waals surface area contributed by atoms with Crippen molar-refractivity contribution in [2.75, 3.05) is 36.0 Å². The lowest BCUT2D eigenvalue weighted by atomic mass is 10.00. The maximum atomic E-state index is 11.5. The van der Waals surface area contributed by atoms with E-state index in [1.165, 1.54) is 18.5 Å². The number of hydrogen-bond acceptors (Lipinski definition) is 3. The average Bonchev–Trinajstić information content (AvgIpc) is 2.85. The highest BCUT2D eigenvalue weighted by Gasteiger charge is 2.23. The molecule has 1 aromatic rings. The van der Waals surface area contributed by atoms with Gasteiger partial charge in [0.1, 0.15) is 6.61 Å². The van der Waals surface area contributed by atoms with Crippen LogP contribution in [0.4, 0.5) is 16.2 Å². The summed E-state index contributed by atoms with van der Waals surface area (Å²) in [5.41, 5.74) is 2.18. The molecular weight excluding hydrogens is 240 g/mol. The molecule has 2 heterocycles. The van der Waals surface area contributed by atoms with Crippen molar-refractivity contribution in [3.8, 4) is 0 Å². The van der Waals surface area contributed by atoms with Gasteiger partial charge in [0.15, 0.2) is 0 Å². The van der Waals surface area contributed by atoms with Crippen LogP contribution in [0.25, 0.3) is 0 Å². The fraction of sp³-hybridized carbons (Fsp3) is 0.533.